The van der Waals surface area contributed by atoms with Gasteiger partial charge in [-0.15, -0.1) is 11.3 Å². The fourth-order valence-corrected chi connectivity index (χ4v) is 3.32. The molecule has 0 amide bonds. The zero-order valence-corrected chi connectivity index (χ0v) is 12.6. The molecule has 1 atom stereocenters. The molecule has 2 N–H and O–H groups in total. The molecule has 0 fully saturated rings. The second kappa shape index (κ2) is 5.53. The molecule has 2 aromatic rings. The van der Waals surface area contributed by atoms with Crippen molar-refractivity contribution < 1.29 is 0 Å². The van der Waals surface area contributed by atoms with Gasteiger partial charge in [0.1, 0.15) is 0 Å². The first-order valence-corrected chi connectivity index (χ1v) is 7.31. The monoisotopic (exact) mass is 329 g/mol. The lowest BCUT2D eigenvalue weighted by Gasteiger charge is -2.14. The first-order valence-electron chi connectivity index (χ1n) is 5.32. The van der Waals surface area contributed by atoms with Crippen LogP contribution in [0.1, 0.15) is 22.0 Å². The van der Waals surface area contributed by atoms with Crippen LogP contribution < -0.4 is 5.73 Å². The number of nitrogens with two attached hydrogens (primary N) is 1. The Hall–Kier alpha value is -0.350. The molecular formula is C13H13BrClNS. The average molecular weight is 331 g/mol. The molecule has 0 radical (unpaired) electrons. The van der Waals surface area contributed by atoms with Gasteiger partial charge in [0, 0.05) is 21.8 Å². The molecule has 1 nitrogen and oxygen atoms in total. The summed E-state index contributed by atoms with van der Waals surface area (Å²) in [6.07, 6.45) is 0.828. The van der Waals surface area contributed by atoms with Gasteiger partial charge in [-0.05, 0) is 42.3 Å². The second-order valence-corrected chi connectivity index (χ2v) is 6.73. The Morgan fingerprint density at radius 1 is 1.35 bits per heavy atom. The molecule has 1 heterocycles. The summed E-state index contributed by atoms with van der Waals surface area (Å²) >= 11 is 11.0. The topological polar surface area (TPSA) is 26.0 Å². The minimum atomic E-state index is 0.0159. The lowest BCUT2D eigenvalue weighted by atomic mass is 9.99. The number of benzene rings is 1. The van der Waals surface area contributed by atoms with Crippen molar-refractivity contribution >= 4 is 38.9 Å². The highest BCUT2D eigenvalue weighted by Gasteiger charge is 2.11. The van der Waals surface area contributed by atoms with E-state index in [1.807, 2.05) is 18.2 Å². The molecule has 0 saturated carbocycles. The van der Waals surface area contributed by atoms with Gasteiger partial charge in [-0.25, -0.2) is 0 Å². The summed E-state index contributed by atoms with van der Waals surface area (Å²) in [5.41, 5.74) is 8.66. The molecule has 1 unspecified atom stereocenters. The van der Waals surface area contributed by atoms with E-state index in [0.717, 1.165) is 15.2 Å². The fraction of sp³-hybridized carbons (Fsp3) is 0.231. The standard InChI is InChI=1S/C13H13BrClNS/c1-8-2-3-9(14)6-11(8)12(16)7-10-4-5-13(15)17-10/h2-6,12H,7,16H2,1H3. The smallest absolute Gasteiger partial charge is 0.0931 e. The van der Waals surface area contributed by atoms with E-state index in [4.69, 9.17) is 17.3 Å². The molecule has 0 aliphatic rings. The van der Waals surface area contributed by atoms with Crippen LogP contribution in [0.5, 0.6) is 0 Å². The Morgan fingerprint density at radius 2 is 2.12 bits per heavy atom. The Bertz CT molecular complexity index is 524. The predicted molar refractivity (Wildman–Crippen MR) is 78.8 cm³/mol. The summed E-state index contributed by atoms with van der Waals surface area (Å²) in [4.78, 5) is 1.22. The van der Waals surface area contributed by atoms with Crippen molar-refractivity contribution in [3.05, 3.63) is 55.1 Å². The second-order valence-electron chi connectivity index (χ2n) is 4.02. The third-order valence-electron chi connectivity index (χ3n) is 2.69. The third-order valence-corrected chi connectivity index (χ3v) is 4.44. The summed E-state index contributed by atoms with van der Waals surface area (Å²) in [6.45, 7) is 2.09. The Labute approximate surface area is 119 Å². The van der Waals surface area contributed by atoms with Gasteiger partial charge in [-0.1, -0.05) is 33.6 Å². The zero-order chi connectivity index (χ0) is 12.4. The number of aryl methyl sites for hydroxylation is 1. The SMILES string of the molecule is Cc1ccc(Br)cc1C(N)Cc1ccc(Cl)s1. The average Bonchev–Trinajstić information content (AvgIpc) is 2.67. The zero-order valence-electron chi connectivity index (χ0n) is 9.41. The molecule has 4 heteroatoms. The Kier molecular flexibility index (Phi) is 4.26. The highest BCUT2D eigenvalue weighted by atomic mass is 79.9. The predicted octanol–water partition coefficient (Wildman–Crippen LogP) is 4.71. The van der Waals surface area contributed by atoms with Gasteiger partial charge in [0.05, 0.1) is 4.34 Å². The number of rotatable bonds is 3. The number of hydrogen-bond acceptors (Lipinski definition) is 2. The summed E-state index contributed by atoms with van der Waals surface area (Å²) in [7, 11) is 0. The van der Waals surface area contributed by atoms with Crippen LogP contribution in [0.25, 0.3) is 0 Å². The van der Waals surface area contributed by atoms with Gasteiger partial charge in [0.25, 0.3) is 0 Å². The molecule has 0 saturated heterocycles. The van der Waals surface area contributed by atoms with E-state index in [9.17, 15) is 0 Å². The molecule has 0 spiro atoms. The maximum Gasteiger partial charge on any atom is 0.0931 e. The lowest BCUT2D eigenvalue weighted by Crippen LogP contribution is -2.14. The normalized spacial score (nSPS) is 12.7. The molecule has 0 aliphatic heterocycles. The first-order chi connectivity index (χ1) is 8.06. The maximum absolute atomic E-state index is 6.25. The van der Waals surface area contributed by atoms with Gasteiger partial charge in [-0.3, -0.25) is 0 Å². The quantitative estimate of drug-likeness (QED) is 0.866. The molecule has 90 valence electrons. The van der Waals surface area contributed by atoms with Crippen LogP contribution in [0, 0.1) is 6.92 Å². The summed E-state index contributed by atoms with van der Waals surface area (Å²) in [5.74, 6) is 0. The van der Waals surface area contributed by atoms with E-state index in [0.29, 0.717) is 0 Å². The van der Waals surface area contributed by atoms with E-state index in [1.54, 1.807) is 11.3 Å². The molecule has 0 bridgehead atoms. The Morgan fingerprint density at radius 3 is 2.76 bits per heavy atom. The van der Waals surface area contributed by atoms with Crippen LogP contribution in [0.2, 0.25) is 4.34 Å². The van der Waals surface area contributed by atoms with Gasteiger partial charge in [0.2, 0.25) is 0 Å². The minimum absolute atomic E-state index is 0.0159. The van der Waals surface area contributed by atoms with Crippen molar-refractivity contribution in [2.45, 2.75) is 19.4 Å². The van der Waals surface area contributed by atoms with Crippen LogP contribution in [0.4, 0.5) is 0 Å². The van der Waals surface area contributed by atoms with E-state index in [1.165, 1.54) is 16.0 Å². The molecule has 2 rings (SSSR count). The van der Waals surface area contributed by atoms with E-state index in [2.05, 4.69) is 35.0 Å². The number of halogens is 2. The van der Waals surface area contributed by atoms with Crippen LogP contribution >= 0.6 is 38.9 Å². The summed E-state index contributed by atoms with van der Waals surface area (Å²) < 4.78 is 1.89. The van der Waals surface area contributed by atoms with Crippen LogP contribution in [0.15, 0.2) is 34.8 Å². The van der Waals surface area contributed by atoms with E-state index in [-0.39, 0.29) is 6.04 Å². The maximum atomic E-state index is 6.25. The third kappa shape index (κ3) is 3.32. The summed E-state index contributed by atoms with van der Waals surface area (Å²) in [6, 6.07) is 10.2. The van der Waals surface area contributed by atoms with Crippen molar-refractivity contribution in [2.75, 3.05) is 0 Å². The molecule has 1 aromatic heterocycles. The van der Waals surface area contributed by atoms with Crippen LogP contribution in [0.3, 0.4) is 0 Å². The molecular weight excluding hydrogens is 318 g/mol. The highest BCUT2D eigenvalue weighted by molar-refractivity contribution is 9.10. The van der Waals surface area contributed by atoms with Crippen molar-refractivity contribution in [3.8, 4) is 0 Å². The van der Waals surface area contributed by atoms with Gasteiger partial charge < -0.3 is 5.73 Å². The molecule has 1 aromatic carbocycles. The van der Waals surface area contributed by atoms with Gasteiger partial charge in [-0.2, -0.15) is 0 Å². The van der Waals surface area contributed by atoms with E-state index < -0.39 is 0 Å². The van der Waals surface area contributed by atoms with Gasteiger partial charge >= 0.3 is 0 Å². The van der Waals surface area contributed by atoms with Crippen molar-refractivity contribution in [2.24, 2.45) is 5.73 Å². The van der Waals surface area contributed by atoms with Crippen molar-refractivity contribution in [3.63, 3.8) is 0 Å². The van der Waals surface area contributed by atoms with Crippen LogP contribution in [-0.2, 0) is 6.42 Å². The highest BCUT2D eigenvalue weighted by Crippen LogP contribution is 2.28. The first kappa shape index (κ1) is 13.1. The number of hydrogen-bond donors (Lipinski definition) is 1. The minimum Gasteiger partial charge on any atom is -0.324 e. The molecule has 0 aliphatic carbocycles. The summed E-state index contributed by atoms with van der Waals surface area (Å²) in [5, 5.41) is 0. The van der Waals surface area contributed by atoms with Crippen molar-refractivity contribution in [1.29, 1.82) is 0 Å². The van der Waals surface area contributed by atoms with Gasteiger partial charge in [0.15, 0.2) is 0 Å². The molecule has 17 heavy (non-hydrogen) atoms. The Balaban J connectivity index is 2.19. The van der Waals surface area contributed by atoms with Crippen LogP contribution in [-0.4, -0.2) is 0 Å². The largest absolute Gasteiger partial charge is 0.324 e. The van der Waals surface area contributed by atoms with Crippen molar-refractivity contribution in [1.82, 2.24) is 0 Å². The fourth-order valence-electron chi connectivity index (χ4n) is 1.80. The van der Waals surface area contributed by atoms with E-state index >= 15 is 0 Å². The number of thiophene rings is 1. The lowest BCUT2D eigenvalue weighted by molar-refractivity contribution is 0.724.